The molecule has 0 fully saturated rings. The Hall–Kier alpha value is -3.13. The fourth-order valence-corrected chi connectivity index (χ4v) is 2.91. The van der Waals surface area contributed by atoms with E-state index in [1.165, 1.54) is 32.4 Å². The third-order valence-corrected chi connectivity index (χ3v) is 4.02. The second-order valence-corrected chi connectivity index (χ2v) is 5.76. The number of hydrogen-bond acceptors (Lipinski definition) is 6. The van der Waals surface area contributed by atoms with Crippen molar-refractivity contribution in [3.05, 3.63) is 53.3 Å². The molecular weight excluding hydrogens is 357 g/mol. The lowest BCUT2D eigenvalue weighted by molar-refractivity contribution is -0.187. The van der Waals surface area contributed by atoms with Gasteiger partial charge in [-0.3, -0.25) is 9.59 Å². The summed E-state index contributed by atoms with van der Waals surface area (Å²) in [7, 11) is 2.94. The summed E-state index contributed by atoms with van der Waals surface area (Å²) in [4.78, 5) is 23.8. The van der Waals surface area contributed by atoms with Crippen LogP contribution in [0.15, 0.2) is 36.4 Å². The van der Waals surface area contributed by atoms with Gasteiger partial charge in [0.25, 0.3) is 12.2 Å². The van der Waals surface area contributed by atoms with Crippen LogP contribution in [-0.2, 0) is 19.1 Å². The number of fused-ring (bicyclic) bond motifs is 1. The van der Waals surface area contributed by atoms with E-state index in [4.69, 9.17) is 18.9 Å². The van der Waals surface area contributed by atoms with Gasteiger partial charge < -0.3 is 24.3 Å². The molecule has 1 amide bonds. The van der Waals surface area contributed by atoms with Crippen molar-refractivity contribution in [2.75, 3.05) is 19.5 Å². The van der Waals surface area contributed by atoms with Crippen molar-refractivity contribution < 1.29 is 32.9 Å². The topological polar surface area (TPSA) is 83.1 Å². The number of hydrogen-bond donors (Lipinski definition) is 1. The molecule has 0 spiro atoms. The number of halogens is 1. The predicted octanol–water partition coefficient (Wildman–Crippen LogP) is 2.79. The molecule has 0 saturated heterocycles. The molecule has 0 saturated carbocycles. The van der Waals surface area contributed by atoms with Gasteiger partial charge >= 0.3 is 5.97 Å². The van der Waals surface area contributed by atoms with Crippen molar-refractivity contribution in [3.8, 4) is 11.5 Å². The van der Waals surface area contributed by atoms with E-state index in [1.54, 1.807) is 18.2 Å². The van der Waals surface area contributed by atoms with Crippen molar-refractivity contribution >= 4 is 17.6 Å². The number of nitrogens with one attached hydrogen (secondary N) is 1. The monoisotopic (exact) mass is 375 g/mol. The van der Waals surface area contributed by atoms with Gasteiger partial charge in [-0.25, -0.2) is 4.39 Å². The standard InChI is InChI=1S/C19H18FNO6/c1-10(22)26-19-18(23)21-14-8-7-11(20)9-13(14)16(27-19)12-5-4-6-15(24-2)17(12)25-3/h4-9,16,19H,1-3H3,(H,21,23). The Morgan fingerprint density at radius 1 is 1.15 bits per heavy atom. The molecule has 0 bridgehead atoms. The normalized spacial score (nSPS) is 18.7. The van der Waals surface area contributed by atoms with E-state index in [9.17, 15) is 14.0 Å². The van der Waals surface area contributed by atoms with Crippen molar-refractivity contribution in [3.63, 3.8) is 0 Å². The van der Waals surface area contributed by atoms with Crippen LogP contribution in [-0.4, -0.2) is 32.4 Å². The van der Waals surface area contributed by atoms with Crippen LogP contribution in [0.25, 0.3) is 0 Å². The molecule has 27 heavy (non-hydrogen) atoms. The quantitative estimate of drug-likeness (QED) is 0.828. The summed E-state index contributed by atoms with van der Waals surface area (Å²) in [6, 6.07) is 8.97. The highest BCUT2D eigenvalue weighted by Gasteiger charge is 2.35. The molecule has 0 aromatic heterocycles. The maximum atomic E-state index is 13.9. The first kappa shape index (κ1) is 18.7. The van der Waals surface area contributed by atoms with Gasteiger partial charge in [-0.1, -0.05) is 12.1 Å². The van der Waals surface area contributed by atoms with E-state index < -0.39 is 30.1 Å². The van der Waals surface area contributed by atoms with Gasteiger partial charge in [0.05, 0.1) is 14.2 Å². The van der Waals surface area contributed by atoms with Crippen LogP contribution in [0, 0.1) is 5.82 Å². The highest BCUT2D eigenvalue weighted by molar-refractivity contribution is 5.95. The minimum atomic E-state index is -1.51. The maximum absolute atomic E-state index is 13.9. The number of anilines is 1. The molecule has 2 aromatic rings. The summed E-state index contributed by atoms with van der Waals surface area (Å²) < 4.78 is 35.5. The Morgan fingerprint density at radius 3 is 2.59 bits per heavy atom. The number of carbonyl (C=O) groups is 2. The van der Waals surface area contributed by atoms with Gasteiger partial charge in [0.1, 0.15) is 11.9 Å². The maximum Gasteiger partial charge on any atom is 0.305 e. The average Bonchev–Trinajstić information content (AvgIpc) is 2.77. The van der Waals surface area contributed by atoms with E-state index in [0.29, 0.717) is 28.3 Å². The summed E-state index contributed by atoms with van der Waals surface area (Å²) in [5, 5.41) is 2.59. The van der Waals surface area contributed by atoms with Crippen LogP contribution in [0.2, 0.25) is 0 Å². The van der Waals surface area contributed by atoms with Crippen LogP contribution >= 0.6 is 0 Å². The van der Waals surface area contributed by atoms with E-state index >= 15 is 0 Å². The minimum absolute atomic E-state index is 0.339. The third-order valence-electron chi connectivity index (χ3n) is 4.02. The highest BCUT2D eigenvalue weighted by atomic mass is 19.1. The minimum Gasteiger partial charge on any atom is -0.493 e. The molecule has 3 rings (SSSR count). The molecule has 7 nitrogen and oxygen atoms in total. The zero-order chi connectivity index (χ0) is 19.6. The zero-order valence-electron chi connectivity index (χ0n) is 14.9. The molecule has 2 atom stereocenters. The van der Waals surface area contributed by atoms with E-state index in [1.807, 2.05) is 0 Å². The second kappa shape index (κ2) is 7.63. The number of para-hydroxylation sites is 1. The van der Waals surface area contributed by atoms with Crippen LogP contribution in [0.1, 0.15) is 24.2 Å². The Labute approximate surface area is 155 Å². The number of esters is 1. The summed E-state index contributed by atoms with van der Waals surface area (Å²) in [6.45, 7) is 1.16. The van der Waals surface area contributed by atoms with Crippen molar-refractivity contribution in [2.45, 2.75) is 19.3 Å². The van der Waals surface area contributed by atoms with Crippen molar-refractivity contribution in [2.24, 2.45) is 0 Å². The first-order valence-electron chi connectivity index (χ1n) is 8.08. The number of ether oxygens (including phenoxy) is 4. The van der Waals surface area contributed by atoms with Crippen LogP contribution in [0.3, 0.4) is 0 Å². The van der Waals surface area contributed by atoms with Crippen molar-refractivity contribution in [1.82, 2.24) is 0 Å². The first-order valence-corrected chi connectivity index (χ1v) is 8.08. The Balaban J connectivity index is 2.18. The molecule has 1 heterocycles. The molecule has 0 radical (unpaired) electrons. The van der Waals surface area contributed by atoms with E-state index in [2.05, 4.69) is 5.32 Å². The van der Waals surface area contributed by atoms with Gasteiger partial charge in [-0.15, -0.1) is 0 Å². The molecule has 142 valence electrons. The number of carbonyl (C=O) groups excluding carboxylic acids is 2. The SMILES string of the molecule is COc1cccc(C2OC(OC(C)=O)C(=O)Nc3ccc(F)cc32)c1OC. The number of amides is 1. The van der Waals surface area contributed by atoms with Crippen LogP contribution in [0.5, 0.6) is 11.5 Å². The molecule has 0 aliphatic carbocycles. The lowest BCUT2D eigenvalue weighted by Gasteiger charge is -2.23. The highest BCUT2D eigenvalue weighted by Crippen LogP contribution is 2.43. The number of benzene rings is 2. The van der Waals surface area contributed by atoms with Gasteiger partial charge in [-0.05, 0) is 24.3 Å². The Morgan fingerprint density at radius 2 is 1.93 bits per heavy atom. The molecule has 2 unspecified atom stereocenters. The van der Waals surface area contributed by atoms with Crippen LogP contribution in [0.4, 0.5) is 10.1 Å². The fraction of sp³-hybridized carbons (Fsp3) is 0.263. The molecule has 8 heteroatoms. The lowest BCUT2D eigenvalue weighted by atomic mass is 9.98. The largest absolute Gasteiger partial charge is 0.493 e. The van der Waals surface area contributed by atoms with Crippen LogP contribution < -0.4 is 14.8 Å². The summed E-state index contributed by atoms with van der Waals surface area (Å²) in [5.41, 5.74) is 1.17. The Kier molecular flexibility index (Phi) is 5.27. The van der Waals surface area contributed by atoms with Crippen molar-refractivity contribution in [1.29, 1.82) is 0 Å². The van der Waals surface area contributed by atoms with Gasteiger partial charge in [-0.2, -0.15) is 0 Å². The van der Waals surface area contributed by atoms with E-state index in [0.717, 1.165) is 6.92 Å². The molecule has 1 aliphatic heterocycles. The predicted molar refractivity (Wildman–Crippen MR) is 93.1 cm³/mol. The fourth-order valence-electron chi connectivity index (χ4n) is 2.91. The molecule has 1 N–H and O–H groups in total. The van der Waals surface area contributed by atoms with Gasteiger partial charge in [0.2, 0.25) is 0 Å². The van der Waals surface area contributed by atoms with Gasteiger partial charge in [0.15, 0.2) is 11.5 Å². The third kappa shape index (κ3) is 3.70. The zero-order valence-corrected chi connectivity index (χ0v) is 14.9. The summed E-state index contributed by atoms with van der Waals surface area (Å²) in [5.74, 6) is -1.09. The molecule has 2 aromatic carbocycles. The van der Waals surface area contributed by atoms with Gasteiger partial charge in [0, 0.05) is 23.7 Å². The summed E-state index contributed by atoms with van der Waals surface area (Å²) >= 11 is 0. The molecular formula is C19H18FNO6. The second-order valence-electron chi connectivity index (χ2n) is 5.76. The smallest absolute Gasteiger partial charge is 0.305 e. The number of rotatable bonds is 4. The van der Waals surface area contributed by atoms with E-state index in [-0.39, 0.29) is 0 Å². The summed E-state index contributed by atoms with van der Waals surface area (Å²) in [6.07, 6.45) is -2.47. The molecule has 1 aliphatic rings. The number of methoxy groups -OCH3 is 2. The first-order chi connectivity index (χ1) is 12.9. The Bertz CT molecular complexity index is 884. The average molecular weight is 375 g/mol. The lowest BCUT2D eigenvalue weighted by Crippen LogP contribution is -2.33.